The average molecular weight is 285 g/mol. The van der Waals surface area contributed by atoms with Gasteiger partial charge in [0.1, 0.15) is 17.6 Å². The Kier molecular flexibility index (Phi) is 2.90. The molecule has 0 aliphatic carbocycles. The zero-order valence-electron chi connectivity index (χ0n) is 11.7. The molecule has 4 N–H and O–H groups in total. The van der Waals surface area contributed by atoms with Crippen LogP contribution in [0.4, 0.5) is 5.95 Å². The number of amides is 1. The number of aromatic hydroxyl groups is 1. The van der Waals surface area contributed by atoms with Crippen molar-refractivity contribution in [3.05, 3.63) is 46.9 Å². The van der Waals surface area contributed by atoms with Gasteiger partial charge < -0.3 is 16.2 Å². The van der Waals surface area contributed by atoms with Crippen LogP contribution < -0.4 is 11.1 Å². The molecule has 108 valence electrons. The van der Waals surface area contributed by atoms with E-state index in [2.05, 4.69) is 15.4 Å². The summed E-state index contributed by atoms with van der Waals surface area (Å²) in [5.74, 6) is 0.800. The molecule has 0 unspecified atom stereocenters. The molecule has 21 heavy (non-hydrogen) atoms. The second-order valence-electron chi connectivity index (χ2n) is 4.95. The van der Waals surface area contributed by atoms with E-state index in [1.807, 2.05) is 0 Å². The number of nitrogens with two attached hydrogens (primary N) is 1. The van der Waals surface area contributed by atoms with Crippen LogP contribution in [0.3, 0.4) is 0 Å². The van der Waals surface area contributed by atoms with Crippen LogP contribution in [0.25, 0.3) is 0 Å². The summed E-state index contributed by atoms with van der Waals surface area (Å²) in [5.41, 5.74) is 7.41. The summed E-state index contributed by atoms with van der Waals surface area (Å²) >= 11 is 0. The van der Waals surface area contributed by atoms with Gasteiger partial charge in [-0.25, -0.2) is 4.68 Å². The number of nitrogens with one attached hydrogen (secondary N) is 1. The number of hydrogen-bond acceptors (Lipinski definition) is 5. The molecule has 3 rings (SSSR count). The number of carbonyl (C=O) groups excluding carboxylic acids is 1. The summed E-state index contributed by atoms with van der Waals surface area (Å²) in [5, 5.41) is 16.8. The summed E-state index contributed by atoms with van der Waals surface area (Å²) in [6.45, 7) is 3.56. The summed E-state index contributed by atoms with van der Waals surface area (Å²) in [7, 11) is 0. The fourth-order valence-electron chi connectivity index (χ4n) is 2.54. The highest BCUT2D eigenvalue weighted by Crippen LogP contribution is 2.35. The molecular weight excluding hydrogens is 270 g/mol. The second kappa shape index (κ2) is 4.62. The highest BCUT2D eigenvalue weighted by Gasteiger charge is 2.32. The molecule has 2 heterocycles. The molecule has 0 spiro atoms. The molecule has 1 amide bonds. The summed E-state index contributed by atoms with van der Waals surface area (Å²) < 4.78 is 1.63. The van der Waals surface area contributed by atoms with Gasteiger partial charge in [0.2, 0.25) is 11.9 Å². The van der Waals surface area contributed by atoms with E-state index in [4.69, 9.17) is 5.73 Å². The zero-order chi connectivity index (χ0) is 15.1. The minimum atomic E-state index is -0.517. The quantitative estimate of drug-likeness (QED) is 0.765. The van der Waals surface area contributed by atoms with Gasteiger partial charge >= 0.3 is 0 Å². The van der Waals surface area contributed by atoms with E-state index in [9.17, 15) is 9.90 Å². The van der Waals surface area contributed by atoms with Crippen molar-refractivity contribution in [1.29, 1.82) is 0 Å². The van der Waals surface area contributed by atoms with Gasteiger partial charge in [0.25, 0.3) is 0 Å². The van der Waals surface area contributed by atoms with Crippen LogP contribution in [0.1, 0.15) is 24.4 Å². The Hall–Kier alpha value is -2.83. The molecule has 7 heteroatoms. The molecule has 0 radical (unpaired) electrons. The lowest BCUT2D eigenvalue weighted by molar-refractivity contribution is -0.115. The van der Waals surface area contributed by atoms with E-state index in [-0.39, 0.29) is 5.75 Å². The summed E-state index contributed by atoms with van der Waals surface area (Å²) in [4.78, 5) is 16.1. The maximum atomic E-state index is 11.8. The number of fused-ring (bicyclic) bond motifs is 1. The second-order valence-corrected chi connectivity index (χ2v) is 4.95. The topological polar surface area (TPSA) is 106 Å². The number of aryl methyl sites for hydroxylation is 1. The average Bonchev–Trinajstić information content (AvgIpc) is 2.77. The van der Waals surface area contributed by atoms with Gasteiger partial charge in [-0.1, -0.05) is 12.1 Å². The van der Waals surface area contributed by atoms with Gasteiger partial charge in [0.15, 0.2) is 0 Å². The highest BCUT2D eigenvalue weighted by molar-refractivity contribution is 5.95. The van der Waals surface area contributed by atoms with Crippen molar-refractivity contribution in [2.75, 3.05) is 5.32 Å². The Morgan fingerprint density at radius 1 is 1.33 bits per heavy atom. The minimum absolute atomic E-state index is 0.156. The van der Waals surface area contributed by atoms with Gasteiger partial charge in [0, 0.05) is 5.70 Å². The SMILES string of the molecule is CC1=C(C(N)=O)[C@H](c2ccc(O)cc2)n2nc(C)nc2N1. The van der Waals surface area contributed by atoms with Crippen LogP contribution in [0.5, 0.6) is 5.75 Å². The fraction of sp³-hybridized carbons (Fsp3) is 0.214. The number of nitrogens with zero attached hydrogens (tertiary/aromatic N) is 3. The predicted octanol–water partition coefficient (Wildman–Crippen LogP) is 1.07. The first kappa shape index (κ1) is 13.2. The van der Waals surface area contributed by atoms with E-state index >= 15 is 0 Å². The van der Waals surface area contributed by atoms with Gasteiger partial charge in [-0.2, -0.15) is 10.1 Å². The van der Waals surface area contributed by atoms with Crippen molar-refractivity contribution in [1.82, 2.24) is 14.8 Å². The van der Waals surface area contributed by atoms with Crippen LogP contribution in [-0.4, -0.2) is 25.8 Å². The number of allylic oxidation sites excluding steroid dienone is 1. The molecule has 7 nitrogen and oxygen atoms in total. The molecule has 1 aromatic carbocycles. The number of hydrogen-bond donors (Lipinski definition) is 3. The summed E-state index contributed by atoms with van der Waals surface area (Å²) in [6.07, 6.45) is 0. The van der Waals surface area contributed by atoms with Crippen molar-refractivity contribution in [2.24, 2.45) is 5.73 Å². The number of carbonyl (C=O) groups is 1. The van der Waals surface area contributed by atoms with Gasteiger partial charge in [0.05, 0.1) is 5.57 Å². The Morgan fingerprint density at radius 3 is 2.62 bits per heavy atom. The predicted molar refractivity (Wildman–Crippen MR) is 76.5 cm³/mol. The molecular formula is C14H15N5O2. The summed E-state index contributed by atoms with van der Waals surface area (Å²) in [6, 6.07) is 6.15. The van der Waals surface area contributed by atoms with E-state index in [0.29, 0.717) is 23.0 Å². The van der Waals surface area contributed by atoms with Gasteiger partial charge in [-0.15, -0.1) is 0 Å². The van der Waals surface area contributed by atoms with Crippen molar-refractivity contribution in [2.45, 2.75) is 19.9 Å². The molecule has 0 bridgehead atoms. The number of benzene rings is 1. The number of primary amides is 1. The monoisotopic (exact) mass is 285 g/mol. The molecule has 1 atom stereocenters. The smallest absolute Gasteiger partial charge is 0.248 e. The molecule has 0 saturated heterocycles. The van der Waals surface area contributed by atoms with Crippen molar-refractivity contribution >= 4 is 11.9 Å². The lowest BCUT2D eigenvalue weighted by Crippen LogP contribution is -2.31. The van der Waals surface area contributed by atoms with Crippen molar-refractivity contribution in [3.8, 4) is 5.75 Å². The lowest BCUT2D eigenvalue weighted by atomic mass is 9.95. The standard InChI is InChI=1S/C14H15N5O2/c1-7-11(13(15)21)12(9-3-5-10(20)6-4-9)19-14(16-7)17-8(2)18-19/h3-6,12,20H,1-2H3,(H2,15,21)(H,16,17,18)/t12-/m0/s1. The van der Waals surface area contributed by atoms with Crippen LogP contribution in [-0.2, 0) is 4.79 Å². The number of aromatic nitrogens is 3. The first-order valence-corrected chi connectivity index (χ1v) is 6.47. The number of anilines is 1. The maximum absolute atomic E-state index is 11.8. The Morgan fingerprint density at radius 2 is 2.00 bits per heavy atom. The van der Waals surface area contributed by atoms with Crippen molar-refractivity contribution < 1.29 is 9.90 Å². The fourth-order valence-corrected chi connectivity index (χ4v) is 2.54. The third-order valence-electron chi connectivity index (χ3n) is 3.43. The van der Waals surface area contributed by atoms with Crippen LogP contribution in [0, 0.1) is 6.92 Å². The van der Waals surface area contributed by atoms with Crippen LogP contribution in [0.2, 0.25) is 0 Å². The third kappa shape index (κ3) is 2.12. The normalized spacial score (nSPS) is 17.3. The zero-order valence-corrected chi connectivity index (χ0v) is 11.7. The lowest BCUT2D eigenvalue weighted by Gasteiger charge is -2.27. The molecule has 0 saturated carbocycles. The van der Waals surface area contributed by atoms with E-state index < -0.39 is 11.9 Å². The molecule has 2 aromatic rings. The number of phenols is 1. The minimum Gasteiger partial charge on any atom is -0.508 e. The molecule has 1 aliphatic rings. The number of rotatable bonds is 2. The first-order chi connectivity index (χ1) is 9.97. The third-order valence-corrected chi connectivity index (χ3v) is 3.43. The Labute approximate surface area is 121 Å². The van der Waals surface area contributed by atoms with Crippen LogP contribution in [0.15, 0.2) is 35.5 Å². The van der Waals surface area contributed by atoms with Crippen LogP contribution >= 0.6 is 0 Å². The Bertz CT molecular complexity index is 745. The molecule has 0 fully saturated rings. The number of phenolic OH excluding ortho intramolecular Hbond substituents is 1. The Balaban J connectivity index is 2.21. The van der Waals surface area contributed by atoms with Gasteiger partial charge in [-0.3, -0.25) is 4.79 Å². The van der Waals surface area contributed by atoms with Crippen molar-refractivity contribution in [3.63, 3.8) is 0 Å². The van der Waals surface area contributed by atoms with E-state index in [1.54, 1.807) is 42.8 Å². The molecule has 1 aromatic heterocycles. The highest BCUT2D eigenvalue weighted by atomic mass is 16.3. The maximum Gasteiger partial charge on any atom is 0.248 e. The van der Waals surface area contributed by atoms with Gasteiger partial charge in [-0.05, 0) is 31.5 Å². The van der Waals surface area contributed by atoms with E-state index in [0.717, 1.165) is 5.56 Å². The molecule has 1 aliphatic heterocycles. The largest absolute Gasteiger partial charge is 0.508 e. The van der Waals surface area contributed by atoms with E-state index in [1.165, 1.54) is 0 Å². The first-order valence-electron chi connectivity index (χ1n) is 6.47.